The highest BCUT2D eigenvalue weighted by atomic mass is 32.2. The molecule has 4 aromatic carbocycles. The molecule has 6 rings (SSSR count). The molecule has 8 nitrogen and oxygen atoms in total. The van der Waals surface area contributed by atoms with Gasteiger partial charge in [-0.1, -0.05) is 62.4 Å². The summed E-state index contributed by atoms with van der Waals surface area (Å²) in [5.74, 6) is 1.53. The predicted octanol–water partition coefficient (Wildman–Crippen LogP) is 6.31. The van der Waals surface area contributed by atoms with Crippen LogP contribution in [0.25, 0.3) is 0 Å². The average molecular weight is 651 g/mol. The summed E-state index contributed by atoms with van der Waals surface area (Å²) in [5, 5.41) is 5.53. The second kappa shape index (κ2) is 14.5. The van der Waals surface area contributed by atoms with Gasteiger partial charge in [0.15, 0.2) is 23.1 Å². The van der Waals surface area contributed by atoms with E-state index in [-0.39, 0.29) is 34.9 Å². The van der Waals surface area contributed by atoms with E-state index < -0.39 is 0 Å². The van der Waals surface area contributed by atoms with Crippen LogP contribution in [0.2, 0.25) is 0 Å². The van der Waals surface area contributed by atoms with Gasteiger partial charge in [-0.3, -0.25) is 28.8 Å². The lowest BCUT2D eigenvalue weighted by atomic mass is 9.84. The first-order valence-electron chi connectivity index (χ1n) is 14.6. The zero-order chi connectivity index (χ0) is 32.8. The lowest BCUT2D eigenvalue weighted by Crippen LogP contribution is -2.21. The number of ketones is 4. The van der Waals surface area contributed by atoms with Crippen LogP contribution in [0.1, 0.15) is 77.5 Å². The molecular formula is C36H30N2O6S2. The number of carbonyl (C=O) groups is 6. The number of amides is 2. The molecule has 0 spiro atoms. The van der Waals surface area contributed by atoms with E-state index in [0.29, 0.717) is 67.4 Å². The van der Waals surface area contributed by atoms with Gasteiger partial charge in [-0.15, -0.1) is 0 Å². The first-order valence-corrected chi connectivity index (χ1v) is 16.9. The van der Waals surface area contributed by atoms with E-state index in [0.717, 1.165) is 11.5 Å². The fourth-order valence-electron chi connectivity index (χ4n) is 5.14. The van der Waals surface area contributed by atoms with Gasteiger partial charge in [-0.2, -0.15) is 23.5 Å². The quantitative estimate of drug-likeness (QED) is 0.196. The van der Waals surface area contributed by atoms with E-state index in [2.05, 4.69) is 10.6 Å². The molecule has 0 radical (unpaired) electrons. The van der Waals surface area contributed by atoms with Gasteiger partial charge in [-0.05, 0) is 47.9 Å². The summed E-state index contributed by atoms with van der Waals surface area (Å²) in [7, 11) is 0. The van der Waals surface area contributed by atoms with Crippen molar-refractivity contribution >= 4 is 69.8 Å². The molecule has 0 unspecified atom stereocenters. The minimum absolute atomic E-state index is 0.119. The number of anilines is 2. The minimum atomic E-state index is -0.186. The van der Waals surface area contributed by atoms with Crippen LogP contribution in [-0.4, -0.2) is 58.0 Å². The summed E-state index contributed by atoms with van der Waals surface area (Å²) < 4.78 is 0. The highest BCUT2D eigenvalue weighted by Crippen LogP contribution is 2.30. The van der Waals surface area contributed by atoms with E-state index in [1.54, 1.807) is 84.9 Å². The Morgan fingerprint density at radius 3 is 1.11 bits per heavy atom. The minimum Gasteiger partial charge on any atom is -0.325 e. The number of hydrogen-bond donors (Lipinski definition) is 2. The third-order valence-electron chi connectivity index (χ3n) is 7.29. The maximum absolute atomic E-state index is 12.6. The Hall–Kier alpha value is -4.80. The van der Waals surface area contributed by atoms with Crippen LogP contribution < -0.4 is 10.6 Å². The van der Waals surface area contributed by atoms with Gasteiger partial charge in [0.05, 0.1) is 11.5 Å². The number of thioether (sulfide) groups is 2. The van der Waals surface area contributed by atoms with Crippen LogP contribution in [0.15, 0.2) is 84.9 Å². The van der Waals surface area contributed by atoms with Crippen LogP contribution in [0.3, 0.4) is 0 Å². The van der Waals surface area contributed by atoms with Gasteiger partial charge in [-0.25, -0.2) is 0 Å². The summed E-state index contributed by atoms with van der Waals surface area (Å²) in [6.45, 7) is 3.97. The van der Waals surface area contributed by atoms with E-state index in [9.17, 15) is 28.8 Å². The standard InChI is InChI=1S/2C18H15NO3S/c2*1-2-23-10-16(20)19-11-7-8-14-15(9-11)18(22)13-6-4-3-5-12(13)17(14)21/h2*3-9H,2,10H2,1H3,(H,19,20). The van der Waals surface area contributed by atoms with Crippen molar-refractivity contribution in [3.8, 4) is 0 Å². The lowest BCUT2D eigenvalue weighted by molar-refractivity contribution is -0.114. The molecule has 2 amide bonds. The molecule has 2 aliphatic rings. The Bertz CT molecular complexity index is 1760. The molecule has 10 heteroatoms. The molecule has 0 saturated heterocycles. The zero-order valence-corrected chi connectivity index (χ0v) is 26.8. The summed E-state index contributed by atoms with van der Waals surface area (Å²) in [6.07, 6.45) is 0. The van der Waals surface area contributed by atoms with E-state index >= 15 is 0 Å². The smallest absolute Gasteiger partial charge is 0.234 e. The lowest BCUT2D eigenvalue weighted by Gasteiger charge is -2.18. The molecule has 2 aliphatic carbocycles. The Labute approximate surface area is 274 Å². The number of carbonyl (C=O) groups excluding carboxylic acids is 6. The topological polar surface area (TPSA) is 126 Å². The Morgan fingerprint density at radius 2 is 0.783 bits per heavy atom. The number of hydrogen-bond acceptors (Lipinski definition) is 8. The van der Waals surface area contributed by atoms with Gasteiger partial charge in [0.25, 0.3) is 0 Å². The van der Waals surface area contributed by atoms with Crippen LogP contribution >= 0.6 is 23.5 Å². The molecule has 2 N–H and O–H groups in total. The van der Waals surface area contributed by atoms with E-state index in [1.165, 1.54) is 23.5 Å². The van der Waals surface area contributed by atoms with Gasteiger partial charge < -0.3 is 10.6 Å². The zero-order valence-electron chi connectivity index (χ0n) is 25.2. The van der Waals surface area contributed by atoms with Gasteiger partial charge in [0.1, 0.15) is 0 Å². The van der Waals surface area contributed by atoms with Crippen molar-refractivity contribution in [2.75, 3.05) is 33.6 Å². The van der Waals surface area contributed by atoms with E-state index in [1.807, 2.05) is 13.8 Å². The fraction of sp³-hybridized carbons (Fsp3) is 0.167. The molecule has 0 aliphatic heterocycles. The number of rotatable bonds is 8. The van der Waals surface area contributed by atoms with E-state index in [4.69, 9.17) is 0 Å². The molecule has 232 valence electrons. The van der Waals surface area contributed by atoms with Crippen molar-refractivity contribution in [2.24, 2.45) is 0 Å². The second-order valence-electron chi connectivity index (χ2n) is 10.3. The largest absolute Gasteiger partial charge is 0.325 e. The molecule has 4 aromatic rings. The highest BCUT2D eigenvalue weighted by Gasteiger charge is 2.30. The third kappa shape index (κ3) is 6.88. The Balaban J connectivity index is 0.000000181. The van der Waals surface area contributed by atoms with Crippen molar-refractivity contribution in [1.82, 2.24) is 0 Å². The van der Waals surface area contributed by atoms with Crippen molar-refractivity contribution in [2.45, 2.75) is 13.8 Å². The van der Waals surface area contributed by atoms with Gasteiger partial charge in [0.2, 0.25) is 11.8 Å². The molecular weight excluding hydrogens is 621 g/mol. The van der Waals surface area contributed by atoms with Crippen molar-refractivity contribution < 1.29 is 28.8 Å². The summed E-state index contributed by atoms with van der Waals surface area (Å²) in [4.78, 5) is 73.8. The Kier molecular flexibility index (Phi) is 10.3. The van der Waals surface area contributed by atoms with Crippen LogP contribution in [0.5, 0.6) is 0 Å². The average Bonchev–Trinajstić information content (AvgIpc) is 3.08. The van der Waals surface area contributed by atoms with Crippen LogP contribution in [-0.2, 0) is 9.59 Å². The number of fused-ring (bicyclic) bond motifs is 4. The molecule has 0 aromatic heterocycles. The van der Waals surface area contributed by atoms with Crippen molar-refractivity contribution in [3.05, 3.63) is 129 Å². The number of benzene rings is 4. The highest BCUT2D eigenvalue weighted by molar-refractivity contribution is 8.00. The maximum atomic E-state index is 12.6. The van der Waals surface area contributed by atoms with Crippen molar-refractivity contribution in [1.29, 1.82) is 0 Å². The molecule has 0 bridgehead atoms. The van der Waals surface area contributed by atoms with Crippen LogP contribution in [0, 0.1) is 0 Å². The van der Waals surface area contributed by atoms with Gasteiger partial charge in [0, 0.05) is 55.9 Å². The molecule has 46 heavy (non-hydrogen) atoms. The molecule has 0 heterocycles. The third-order valence-corrected chi connectivity index (χ3v) is 9.04. The fourth-order valence-corrected chi connectivity index (χ4v) is 6.06. The summed E-state index contributed by atoms with van der Waals surface area (Å²) >= 11 is 3.05. The second-order valence-corrected chi connectivity index (χ2v) is 12.8. The van der Waals surface area contributed by atoms with Gasteiger partial charge >= 0.3 is 0 Å². The molecule has 0 atom stereocenters. The van der Waals surface area contributed by atoms with Crippen molar-refractivity contribution in [3.63, 3.8) is 0 Å². The molecule has 0 saturated carbocycles. The SMILES string of the molecule is CCSCC(=O)Nc1ccc2c(c1)C(=O)c1ccccc1C2=O.CCSCC(=O)Nc1ccc2c(c1)C(=O)c1ccccc1C2=O. The maximum Gasteiger partial charge on any atom is 0.234 e. The molecule has 0 fully saturated rings. The normalized spacial score (nSPS) is 12.6. The first kappa shape index (κ1) is 32.6. The van der Waals surface area contributed by atoms with Crippen LogP contribution in [0.4, 0.5) is 11.4 Å². The summed E-state index contributed by atoms with van der Waals surface area (Å²) in [5.41, 5.74) is 4.21. The first-order chi connectivity index (χ1) is 22.2. The monoisotopic (exact) mass is 650 g/mol. The summed E-state index contributed by atoms with van der Waals surface area (Å²) in [6, 6.07) is 23.3. The number of nitrogens with one attached hydrogen (secondary N) is 2. The Morgan fingerprint density at radius 1 is 0.478 bits per heavy atom. The predicted molar refractivity (Wildman–Crippen MR) is 183 cm³/mol.